The van der Waals surface area contributed by atoms with Crippen molar-refractivity contribution in [3.63, 3.8) is 0 Å². The third kappa shape index (κ3) is 1.81. The summed E-state index contributed by atoms with van der Waals surface area (Å²) in [6, 6.07) is 6.26. The lowest BCUT2D eigenvalue weighted by Gasteiger charge is -2.35. The molecular formula is C12H10FNO2S. The Morgan fingerprint density at radius 2 is 2.18 bits per heavy atom. The van der Waals surface area contributed by atoms with E-state index in [1.165, 1.54) is 23.5 Å². The summed E-state index contributed by atoms with van der Waals surface area (Å²) >= 11 is 1.29. The SMILES string of the molecule is O=C(c1cc2ccc(F)cc2s1)N1CC(O)C1. The van der Waals surface area contributed by atoms with E-state index >= 15 is 0 Å². The van der Waals surface area contributed by atoms with Gasteiger partial charge in [0.1, 0.15) is 5.82 Å². The second kappa shape index (κ2) is 3.78. The third-order valence-electron chi connectivity index (χ3n) is 2.84. The molecule has 0 spiro atoms. The van der Waals surface area contributed by atoms with E-state index in [1.807, 2.05) is 0 Å². The largest absolute Gasteiger partial charge is 0.389 e. The molecule has 1 N–H and O–H groups in total. The predicted molar refractivity (Wildman–Crippen MR) is 63.7 cm³/mol. The number of amides is 1. The fraction of sp³-hybridized carbons (Fsp3) is 0.250. The second-order valence-corrected chi connectivity index (χ2v) is 5.24. The zero-order valence-electron chi connectivity index (χ0n) is 8.89. The minimum atomic E-state index is -0.397. The van der Waals surface area contributed by atoms with Crippen LogP contribution in [0.2, 0.25) is 0 Å². The van der Waals surface area contributed by atoms with Gasteiger partial charge in [-0.3, -0.25) is 4.79 Å². The Labute approximate surface area is 101 Å². The highest BCUT2D eigenvalue weighted by atomic mass is 32.1. The van der Waals surface area contributed by atoms with Gasteiger partial charge in [-0.05, 0) is 23.6 Å². The second-order valence-electron chi connectivity index (χ2n) is 4.16. The number of hydrogen-bond donors (Lipinski definition) is 1. The van der Waals surface area contributed by atoms with E-state index in [2.05, 4.69) is 0 Å². The highest BCUT2D eigenvalue weighted by Gasteiger charge is 2.30. The summed E-state index contributed by atoms with van der Waals surface area (Å²) in [6.45, 7) is 0.781. The van der Waals surface area contributed by atoms with Crippen LogP contribution in [0.15, 0.2) is 24.3 Å². The predicted octanol–water partition coefficient (Wildman–Crippen LogP) is 1.86. The van der Waals surface area contributed by atoms with Crippen LogP contribution in [0.5, 0.6) is 0 Å². The minimum absolute atomic E-state index is 0.0862. The summed E-state index contributed by atoms with van der Waals surface area (Å²) in [5.74, 6) is -0.380. The van der Waals surface area contributed by atoms with Gasteiger partial charge >= 0.3 is 0 Å². The van der Waals surface area contributed by atoms with Gasteiger partial charge in [0.05, 0.1) is 11.0 Å². The fourth-order valence-corrected chi connectivity index (χ4v) is 2.94. The maximum Gasteiger partial charge on any atom is 0.264 e. The first-order valence-electron chi connectivity index (χ1n) is 5.30. The Morgan fingerprint density at radius 1 is 1.41 bits per heavy atom. The van der Waals surface area contributed by atoms with E-state index in [-0.39, 0.29) is 11.7 Å². The minimum Gasteiger partial charge on any atom is -0.389 e. The molecule has 3 nitrogen and oxygen atoms in total. The van der Waals surface area contributed by atoms with Crippen LogP contribution in [-0.4, -0.2) is 35.1 Å². The highest BCUT2D eigenvalue weighted by molar-refractivity contribution is 7.20. The lowest BCUT2D eigenvalue weighted by molar-refractivity contribution is 0.00623. The van der Waals surface area contributed by atoms with E-state index in [1.54, 1.807) is 17.0 Å². The molecule has 0 bridgehead atoms. The highest BCUT2D eigenvalue weighted by Crippen LogP contribution is 2.28. The van der Waals surface area contributed by atoms with Crippen molar-refractivity contribution in [2.45, 2.75) is 6.10 Å². The lowest BCUT2D eigenvalue weighted by Crippen LogP contribution is -2.53. The van der Waals surface area contributed by atoms with Crippen LogP contribution in [0.3, 0.4) is 0 Å². The average Bonchev–Trinajstić information content (AvgIpc) is 2.66. The standard InChI is InChI=1S/C12H10FNO2S/c13-8-2-1-7-3-11(17-10(7)4-8)12(16)14-5-9(15)6-14/h1-4,9,15H,5-6H2. The van der Waals surface area contributed by atoms with Gasteiger partial charge in [0, 0.05) is 17.8 Å². The molecule has 0 radical (unpaired) electrons. The topological polar surface area (TPSA) is 40.5 Å². The maximum absolute atomic E-state index is 13.0. The van der Waals surface area contributed by atoms with Gasteiger partial charge in [-0.2, -0.15) is 0 Å². The molecule has 88 valence electrons. The quantitative estimate of drug-likeness (QED) is 0.840. The van der Waals surface area contributed by atoms with E-state index < -0.39 is 6.10 Å². The number of fused-ring (bicyclic) bond motifs is 1. The van der Waals surface area contributed by atoms with Crippen molar-refractivity contribution in [2.24, 2.45) is 0 Å². The van der Waals surface area contributed by atoms with Gasteiger partial charge in [-0.15, -0.1) is 11.3 Å². The van der Waals surface area contributed by atoms with Gasteiger partial charge in [0.25, 0.3) is 5.91 Å². The van der Waals surface area contributed by atoms with Crippen molar-refractivity contribution in [3.05, 3.63) is 35.0 Å². The van der Waals surface area contributed by atoms with E-state index in [0.29, 0.717) is 18.0 Å². The summed E-state index contributed by atoms with van der Waals surface area (Å²) in [5.41, 5.74) is 0. The van der Waals surface area contributed by atoms with Gasteiger partial charge in [-0.1, -0.05) is 6.07 Å². The monoisotopic (exact) mass is 251 g/mol. The van der Waals surface area contributed by atoms with Gasteiger partial charge in [0.15, 0.2) is 0 Å². The molecule has 2 heterocycles. The van der Waals surface area contributed by atoms with Crippen molar-refractivity contribution in [1.29, 1.82) is 0 Å². The van der Waals surface area contributed by atoms with E-state index in [4.69, 9.17) is 5.11 Å². The normalized spacial score (nSPS) is 16.2. The number of benzene rings is 1. The molecule has 0 unspecified atom stereocenters. The molecule has 3 rings (SSSR count). The molecule has 1 aromatic carbocycles. The Bertz CT molecular complexity index is 589. The maximum atomic E-state index is 13.0. The van der Waals surface area contributed by atoms with Crippen molar-refractivity contribution in [2.75, 3.05) is 13.1 Å². The van der Waals surface area contributed by atoms with Crippen LogP contribution in [0.25, 0.3) is 10.1 Å². The van der Waals surface area contributed by atoms with Gasteiger partial charge in [-0.25, -0.2) is 4.39 Å². The molecule has 0 saturated carbocycles. The molecule has 2 aromatic rings. The molecule has 1 aliphatic heterocycles. The summed E-state index contributed by atoms with van der Waals surface area (Å²) < 4.78 is 13.8. The number of carbonyl (C=O) groups excluding carboxylic acids is 1. The number of rotatable bonds is 1. The lowest BCUT2D eigenvalue weighted by atomic mass is 10.1. The first-order chi connectivity index (χ1) is 8.13. The van der Waals surface area contributed by atoms with Crippen LogP contribution in [0, 0.1) is 5.82 Å². The van der Waals surface area contributed by atoms with E-state index in [0.717, 1.165) is 10.1 Å². The van der Waals surface area contributed by atoms with Crippen molar-refractivity contribution < 1.29 is 14.3 Å². The Morgan fingerprint density at radius 3 is 2.88 bits per heavy atom. The number of β-amino-alcohol motifs (C(OH)–C–C–N with tert-alkyl or cyclic N) is 1. The van der Waals surface area contributed by atoms with Gasteiger partial charge in [0.2, 0.25) is 0 Å². The Kier molecular flexibility index (Phi) is 2.38. The number of aliphatic hydroxyl groups excluding tert-OH is 1. The first-order valence-corrected chi connectivity index (χ1v) is 6.11. The third-order valence-corrected chi connectivity index (χ3v) is 3.93. The summed E-state index contributed by atoms with van der Waals surface area (Å²) in [4.78, 5) is 14.1. The molecule has 0 atom stereocenters. The zero-order valence-corrected chi connectivity index (χ0v) is 9.71. The molecular weight excluding hydrogens is 241 g/mol. The molecule has 0 aliphatic carbocycles. The molecule has 17 heavy (non-hydrogen) atoms. The number of halogens is 1. The number of hydrogen-bond acceptors (Lipinski definition) is 3. The molecule has 1 amide bonds. The Hall–Kier alpha value is -1.46. The molecule has 1 fully saturated rings. The Balaban J connectivity index is 1.93. The smallest absolute Gasteiger partial charge is 0.264 e. The van der Waals surface area contributed by atoms with Crippen LogP contribution < -0.4 is 0 Å². The molecule has 1 saturated heterocycles. The number of aliphatic hydroxyl groups is 1. The van der Waals surface area contributed by atoms with E-state index in [9.17, 15) is 9.18 Å². The number of likely N-dealkylation sites (tertiary alicyclic amines) is 1. The summed E-state index contributed by atoms with van der Waals surface area (Å²) in [7, 11) is 0. The van der Waals surface area contributed by atoms with Crippen molar-refractivity contribution >= 4 is 27.3 Å². The van der Waals surface area contributed by atoms with Gasteiger partial charge < -0.3 is 10.0 Å². The summed E-state index contributed by atoms with van der Waals surface area (Å²) in [6.07, 6.45) is -0.397. The van der Waals surface area contributed by atoms with Crippen LogP contribution in [-0.2, 0) is 0 Å². The fourth-order valence-electron chi connectivity index (χ4n) is 1.89. The van der Waals surface area contributed by atoms with Crippen LogP contribution in [0.4, 0.5) is 4.39 Å². The van der Waals surface area contributed by atoms with Crippen LogP contribution >= 0.6 is 11.3 Å². The zero-order chi connectivity index (χ0) is 12.0. The van der Waals surface area contributed by atoms with Crippen molar-refractivity contribution in [3.8, 4) is 0 Å². The molecule has 5 heteroatoms. The van der Waals surface area contributed by atoms with Crippen molar-refractivity contribution in [1.82, 2.24) is 4.90 Å². The number of nitrogens with zero attached hydrogens (tertiary/aromatic N) is 1. The first kappa shape index (κ1) is 10.7. The molecule has 1 aliphatic rings. The average molecular weight is 251 g/mol. The van der Waals surface area contributed by atoms with Crippen LogP contribution in [0.1, 0.15) is 9.67 Å². The molecule has 1 aromatic heterocycles. The summed E-state index contributed by atoms with van der Waals surface area (Å²) in [5, 5.41) is 10.0. The number of thiophene rings is 1. The number of carbonyl (C=O) groups is 1.